The van der Waals surface area contributed by atoms with Crippen molar-refractivity contribution in [2.45, 2.75) is 22.7 Å². The van der Waals surface area contributed by atoms with E-state index in [1.54, 1.807) is 24.3 Å². The third kappa shape index (κ3) is 3.94. The summed E-state index contributed by atoms with van der Waals surface area (Å²) in [4.78, 5) is 65.1. The first-order chi connectivity index (χ1) is 16.8. The van der Waals surface area contributed by atoms with Gasteiger partial charge in [0.25, 0.3) is 5.91 Å². The smallest absolute Gasteiger partial charge is 0.328 e. The van der Waals surface area contributed by atoms with Crippen LogP contribution in [0.4, 0.5) is 10.5 Å². The van der Waals surface area contributed by atoms with Gasteiger partial charge in [0.05, 0.1) is 18.1 Å². The molecule has 2 aliphatic rings. The number of ether oxygens (including phenoxy) is 1. The van der Waals surface area contributed by atoms with Crippen LogP contribution in [0.5, 0.6) is 5.75 Å². The monoisotopic (exact) mass is 530 g/mol. The maximum atomic E-state index is 13.1. The number of likely N-dealkylation sites (tertiary alicyclic amines) is 1. The number of nitrogens with two attached hydrogens (primary N) is 1. The zero-order valence-electron chi connectivity index (χ0n) is 18.1. The number of benzene rings is 1. The van der Waals surface area contributed by atoms with Crippen molar-refractivity contribution < 1.29 is 23.9 Å². The quantitative estimate of drug-likeness (QED) is 0.482. The second kappa shape index (κ2) is 8.98. The van der Waals surface area contributed by atoms with Crippen molar-refractivity contribution in [2.75, 3.05) is 12.4 Å². The molecule has 3 aromatic rings. The van der Waals surface area contributed by atoms with Crippen LogP contribution in [0.25, 0.3) is 0 Å². The predicted molar refractivity (Wildman–Crippen MR) is 131 cm³/mol. The Morgan fingerprint density at radius 1 is 1.11 bits per heavy atom. The Bertz CT molecular complexity index is 1400. The van der Waals surface area contributed by atoms with E-state index in [2.05, 4.69) is 5.32 Å². The molecule has 5 rings (SSSR count). The lowest BCUT2D eigenvalue weighted by molar-refractivity contribution is -0.135. The van der Waals surface area contributed by atoms with Gasteiger partial charge in [-0.15, -0.1) is 11.3 Å². The van der Waals surface area contributed by atoms with Gasteiger partial charge in [0.2, 0.25) is 11.8 Å². The fourth-order valence-corrected chi connectivity index (χ4v) is 7.99. The van der Waals surface area contributed by atoms with Crippen LogP contribution in [0.15, 0.2) is 51.6 Å². The standard InChI is InChI=1S/C22H18N4O6S3/c1-32-11-6-4-10(5-7-11)24-13(27)9-25-20-17(35-22(25)31)14(12-3-2-8-33-12)15-16(34-20)19(29)26(18(15)28)21(23)30/h2-8,14-16H,9H2,1H3,(H2,23,30)(H,24,27)/t14-,15?,16?/m0/s1. The van der Waals surface area contributed by atoms with Crippen molar-refractivity contribution in [2.24, 2.45) is 11.7 Å². The lowest BCUT2D eigenvalue weighted by Crippen LogP contribution is -2.41. The molecule has 0 radical (unpaired) electrons. The van der Waals surface area contributed by atoms with E-state index in [0.717, 1.165) is 28.0 Å². The minimum absolute atomic E-state index is 0.278. The van der Waals surface area contributed by atoms with Crippen LogP contribution < -0.4 is 20.7 Å². The van der Waals surface area contributed by atoms with Gasteiger partial charge in [0.1, 0.15) is 17.5 Å². The Morgan fingerprint density at radius 3 is 2.49 bits per heavy atom. The van der Waals surface area contributed by atoms with E-state index in [1.807, 2.05) is 17.5 Å². The zero-order chi connectivity index (χ0) is 24.9. The predicted octanol–water partition coefficient (Wildman–Crippen LogP) is 2.29. The van der Waals surface area contributed by atoms with Crippen LogP contribution in [0.1, 0.15) is 15.7 Å². The third-order valence-corrected chi connectivity index (χ3v) is 9.35. The number of amides is 5. The number of carbonyl (C=O) groups is 4. The van der Waals surface area contributed by atoms with Crippen molar-refractivity contribution in [3.8, 4) is 5.75 Å². The SMILES string of the molecule is COc1ccc(NC(=O)Cn2c3c(sc2=O)[C@@H](c2cccs2)C2C(=O)N(C(N)=O)C(=O)C2S3)cc1. The molecule has 13 heteroatoms. The molecule has 3 N–H and O–H groups in total. The zero-order valence-corrected chi connectivity index (χ0v) is 20.6. The van der Waals surface area contributed by atoms with Gasteiger partial charge in [0, 0.05) is 21.4 Å². The highest BCUT2D eigenvalue weighted by Gasteiger charge is 2.58. The lowest BCUT2D eigenvalue weighted by Gasteiger charge is -2.29. The number of rotatable bonds is 5. The van der Waals surface area contributed by atoms with Crippen molar-refractivity contribution >= 4 is 63.9 Å². The molecule has 1 fully saturated rings. The molecule has 0 aliphatic carbocycles. The topological polar surface area (TPSA) is 141 Å². The van der Waals surface area contributed by atoms with E-state index >= 15 is 0 Å². The molecule has 10 nitrogen and oxygen atoms in total. The number of imide groups is 3. The molecule has 0 bridgehead atoms. The first-order valence-corrected chi connectivity index (χ1v) is 12.9. The maximum Gasteiger partial charge on any atom is 0.328 e. The summed E-state index contributed by atoms with van der Waals surface area (Å²) in [7, 11) is 1.54. The normalized spacial score (nSPS) is 20.9. The van der Waals surface area contributed by atoms with Gasteiger partial charge in [-0.25, -0.2) is 4.79 Å². The van der Waals surface area contributed by atoms with Gasteiger partial charge in [-0.05, 0) is 35.7 Å². The number of primary amides is 1. The molecule has 1 aromatic carbocycles. The Kier molecular flexibility index (Phi) is 5.99. The van der Waals surface area contributed by atoms with Crippen molar-refractivity contribution in [1.82, 2.24) is 9.47 Å². The number of urea groups is 1. The summed E-state index contributed by atoms with van der Waals surface area (Å²) in [5, 5.41) is 4.09. The van der Waals surface area contributed by atoms with Crippen LogP contribution in [-0.2, 0) is 20.9 Å². The highest BCUT2D eigenvalue weighted by molar-refractivity contribution is 8.00. The molecule has 1 saturated heterocycles. The van der Waals surface area contributed by atoms with E-state index in [1.165, 1.54) is 23.0 Å². The molecule has 35 heavy (non-hydrogen) atoms. The Hall–Kier alpha value is -3.42. The highest BCUT2D eigenvalue weighted by Crippen LogP contribution is 2.53. The first kappa shape index (κ1) is 23.3. The molecule has 180 valence electrons. The number of nitrogens with zero attached hydrogens (tertiary/aromatic N) is 2. The summed E-state index contributed by atoms with van der Waals surface area (Å²) in [6.07, 6.45) is 0. The molecular weight excluding hydrogens is 512 g/mol. The van der Waals surface area contributed by atoms with Crippen LogP contribution in [0.3, 0.4) is 0 Å². The van der Waals surface area contributed by atoms with E-state index in [9.17, 15) is 24.0 Å². The molecule has 2 aromatic heterocycles. The Labute approximate surface area is 210 Å². The number of thioether (sulfide) groups is 1. The number of hydrogen-bond acceptors (Lipinski definition) is 9. The third-order valence-electron chi connectivity index (χ3n) is 5.79. The summed E-state index contributed by atoms with van der Waals surface area (Å²) in [5.41, 5.74) is 5.85. The summed E-state index contributed by atoms with van der Waals surface area (Å²) in [5.74, 6) is -2.64. The number of methoxy groups -OCH3 is 1. The van der Waals surface area contributed by atoms with Crippen molar-refractivity contribution in [3.63, 3.8) is 0 Å². The number of carbonyl (C=O) groups excluding carboxylic acids is 4. The summed E-state index contributed by atoms with van der Waals surface area (Å²) in [6, 6.07) is 9.25. The van der Waals surface area contributed by atoms with Crippen LogP contribution in [0.2, 0.25) is 0 Å². The van der Waals surface area contributed by atoms with E-state index in [4.69, 9.17) is 10.5 Å². The number of anilines is 1. The highest BCUT2D eigenvalue weighted by atomic mass is 32.2. The summed E-state index contributed by atoms with van der Waals surface area (Å²) < 4.78 is 6.42. The first-order valence-electron chi connectivity index (χ1n) is 10.3. The molecule has 2 unspecified atom stereocenters. The molecule has 5 amide bonds. The molecule has 0 saturated carbocycles. The van der Waals surface area contributed by atoms with Gasteiger partial charge >= 0.3 is 10.9 Å². The number of fused-ring (bicyclic) bond motifs is 2. The maximum absolute atomic E-state index is 13.1. The van der Waals surface area contributed by atoms with Gasteiger partial charge in [-0.2, -0.15) is 4.90 Å². The van der Waals surface area contributed by atoms with Crippen LogP contribution in [0, 0.1) is 5.92 Å². The largest absolute Gasteiger partial charge is 0.497 e. The van der Waals surface area contributed by atoms with Gasteiger partial charge in [-0.3, -0.25) is 23.7 Å². The fourth-order valence-electron chi connectivity index (χ4n) is 4.27. The van der Waals surface area contributed by atoms with Gasteiger partial charge in [0.15, 0.2) is 0 Å². The van der Waals surface area contributed by atoms with Gasteiger partial charge in [-0.1, -0.05) is 29.2 Å². The molecule has 0 spiro atoms. The summed E-state index contributed by atoms with van der Waals surface area (Å²) >= 11 is 3.35. The molecular formula is C22H18N4O6S3. The Balaban J connectivity index is 1.50. The molecule has 3 atom stereocenters. The van der Waals surface area contributed by atoms with Crippen molar-refractivity contribution in [1.29, 1.82) is 0 Å². The minimum Gasteiger partial charge on any atom is -0.497 e. The van der Waals surface area contributed by atoms with E-state index in [-0.39, 0.29) is 11.4 Å². The number of hydrogen-bond donors (Lipinski definition) is 2. The second-order valence-corrected chi connectivity index (χ2v) is 10.9. The van der Waals surface area contributed by atoms with Crippen molar-refractivity contribution in [3.05, 3.63) is 61.2 Å². The number of nitrogens with one attached hydrogen (secondary N) is 1. The fraction of sp³-hybridized carbons (Fsp3) is 0.227. The van der Waals surface area contributed by atoms with Gasteiger partial charge < -0.3 is 15.8 Å². The number of aromatic nitrogens is 1. The lowest BCUT2D eigenvalue weighted by atomic mass is 9.87. The average molecular weight is 531 g/mol. The average Bonchev–Trinajstić information content (AvgIpc) is 3.52. The number of thiophene rings is 1. The minimum atomic E-state index is -1.13. The molecule has 2 aliphatic heterocycles. The van der Waals surface area contributed by atoms with Crippen LogP contribution in [-0.4, -0.2) is 45.6 Å². The molecule has 4 heterocycles. The number of thiazole rings is 1. The second-order valence-electron chi connectivity index (χ2n) is 7.81. The van der Waals surface area contributed by atoms with E-state index in [0.29, 0.717) is 26.2 Å². The summed E-state index contributed by atoms with van der Waals surface area (Å²) in [6.45, 7) is -0.278. The van der Waals surface area contributed by atoms with E-state index < -0.39 is 40.8 Å². The van der Waals surface area contributed by atoms with Crippen LogP contribution >= 0.6 is 34.4 Å². The Morgan fingerprint density at radius 2 is 1.86 bits per heavy atom.